The average molecular weight is 353 g/mol. The van der Waals surface area contributed by atoms with Gasteiger partial charge in [0.25, 0.3) is 0 Å². The van der Waals surface area contributed by atoms with Crippen LogP contribution in [0.25, 0.3) is 28.1 Å². The van der Waals surface area contributed by atoms with E-state index < -0.39 is 0 Å². The van der Waals surface area contributed by atoms with Crippen molar-refractivity contribution in [2.75, 3.05) is 13.7 Å². The minimum atomic E-state index is 0.722. The van der Waals surface area contributed by atoms with Crippen molar-refractivity contribution >= 4 is 16.7 Å². The van der Waals surface area contributed by atoms with Gasteiger partial charge in [0.05, 0.1) is 11.8 Å². The molecule has 0 atom stereocenters. The number of allylic oxidation sites excluding steroid dienone is 4. The van der Waals surface area contributed by atoms with Crippen molar-refractivity contribution in [2.45, 2.75) is 33.6 Å². The third kappa shape index (κ3) is 5.17. The summed E-state index contributed by atoms with van der Waals surface area (Å²) in [7, 11) is 1.71. The van der Waals surface area contributed by atoms with E-state index >= 15 is 0 Å². The van der Waals surface area contributed by atoms with Crippen LogP contribution in [0.1, 0.15) is 39.4 Å². The Balaban J connectivity index is 0.000000431. The van der Waals surface area contributed by atoms with E-state index in [1.807, 2.05) is 38.1 Å². The fourth-order valence-corrected chi connectivity index (χ4v) is 2.43. The zero-order valence-electron chi connectivity index (χ0n) is 16.0. The van der Waals surface area contributed by atoms with Crippen LogP contribution < -0.4 is 0 Å². The number of H-pyrrole nitrogens is 1. The summed E-state index contributed by atoms with van der Waals surface area (Å²) in [5.41, 5.74) is 3.74. The van der Waals surface area contributed by atoms with E-state index in [9.17, 15) is 0 Å². The summed E-state index contributed by atoms with van der Waals surface area (Å²) in [5.74, 6) is 1.68. The molecule has 0 aliphatic heterocycles. The highest BCUT2D eigenvalue weighted by Crippen LogP contribution is 2.24. The van der Waals surface area contributed by atoms with Crippen LogP contribution in [0.3, 0.4) is 0 Å². The number of rotatable bonds is 6. The first-order chi connectivity index (χ1) is 12.7. The molecule has 0 saturated heterocycles. The summed E-state index contributed by atoms with van der Waals surface area (Å²) in [6.07, 6.45) is 11.7. The van der Waals surface area contributed by atoms with Crippen LogP contribution in [0.5, 0.6) is 0 Å². The predicted molar refractivity (Wildman–Crippen MR) is 107 cm³/mol. The molecule has 26 heavy (non-hydrogen) atoms. The Hall–Kier alpha value is -2.66. The maximum Gasteiger partial charge on any atom is 0.178 e. The molecule has 5 heteroatoms. The monoisotopic (exact) mass is 353 g/mol. The van der Waals surface area contributed by atoms with Crippen LogP contribution >= 0.6 is 0 Å². The van der Waals surface area contributed by atoms with Gasteiger partial charge in [-0.05, 0) is 50.5 Å². The molecule has 0 spiro atoms. The summed E-state index contributed by atoms with van der Waals surface area (Å²) in [4.78, 5) is 12.3. The highest BCUT2D eigenvalue weighted by atomic mass is 16.5. The molecule has 3 rings (SSSR count). The van der Waals surface area contributed by atoms with E-state index in [1.54, 1.807) is 19.6 Å². The maximum absolute atomic E-state index is 5.40. The first-order valence-corrected chi connectivity index (χ1v) is 8.88. The molecule has 5 nitrogen and oxygen atoms in total. The Morgan fingerprint density at radius 1 is 1.35 bits per heavy atom. The summed E-state index contributed by atoms with van der Waals surface area (Å²) >= 11 is 0. The molecule has 0 unspecified atom stereocenters. The number of nitrogens with one attached hydrogen (secondary N) is 1. The first kappa shape index (κ1) is 19.7. The number of pyridine rings is 1. The highest BCUT2D eigenvalue weighted by molar-refractivity contribution is 5.79. The van der Waals surface area contributed by atoms with E-state index in [2.05, 4.69) is 34.0 Å². The van der Waals surface area contributed by atoms with Crippen molar-refractivity contribution in [2.24, 2.45) is 0 Å². The van der Waals surface area contributed by atoms with Crippen LogP contribution in [0.15, 0.2) is 53.3 Å². The second-order valence-corrected chi connectivity index (χ2v) is 5.74. The highest BCUT2D eigenvalue weighted by Gasteiger charge is 2.09. The van der Waals surface area contributed by atoms with Gasteiger partial charge in [-0.15, -0.1) is 0 Å². The molecule has 0 aliphatic rings. The van der Waals surface area contributed by atoms with E-state index in [-0.39, 0.29) is 0 Å². The third-order valence-corrected chi connectivity index (χ3v) is 3.78. The first-order valence-electron chi connectivity index (χ1n) is 8.88. The zero-order chi connectivity index (χ0) is 18.8. The van der Waals surface area contributed by atoms with Crippen molar-refractivity contribution in [3.05, 3.63) is 54.7 Å². The van der Waals surface area contributed by atoms with Gasteiger partial charge in [-0.3, -0.25) is 0 Å². The molecule has 0 saturated carbocycles. The molecule has 0 radical (unpaired) electrons. The molecule has 3 aromatic heterocycles. The standard InChI is InChI=1S/C17H17N3O.C4H10O/c1-3-5-7-12(4-2)16-19-14-10-13(11-18-17(14)20-16)15-8-6-9-21-15;1-3-4-5-2/h3-6,8-11H,7H2,1-2H3,(H,18,19,20);3-4H2,1-2H3/b5-3-,12-4+;. The Labute approximate surface area is 154 Å². The Kier molecular flexibility index (Phi) is 7.83. The molecule has 0 bridgehead atoms. The largest absolute Gasteiger partial charge is 0.464 e. The number of hydrogen-bond donors (Lipinski definition) is 1. The molecule has 0 amide bonds. The number of nitrogens with zero attached hydrogens (tertiary/aromatic N) is 2. The molecular weight excluding hydrogens is 326 g/mol. The Morgan fingerprint density at radius 2 is 2.19 bits per heavy atom. The molecular formula is C21H27N3O2. The average Bonchev–Trinajstić information content (AvgIpc) is 3.32. The van der Waals surface area contributed by atoms with Gasteiger partial charge in [0.2, 0.25) is 0 Å². The van der Waals surface area contributed by atoms with Crippen molar-refractivity contribution in [3.63, 3.8) is 0 Å². The van der Waals surface area contributed by atoms with Crippen LogP contribution in [0, 0.1) is 0 Å². The zero-order valence-corrected chi connectivity index (χ0v) is 16.0. The molecule has 0 aromatic carbocycles. The minimum absolute atomic E-state index is 0.722. The maximum atomic E-state index is 5.40. The summed E-state index contributed by atoms with van der Waals surface area (Å²) in [5, 5.41) is 0. The topological polar surface area (TPSA) is 63.9 Å². The van der Waals surface area contributed by atoms with Gasteiger partial charge in [0.15, 0.2) is 5.65 Å². The van der Waals surface area contributed by atoms with Crippen LogP contribution in [0.4, 0.5) is 0 Å². The molecule has 0 fully saturated rings. The lowest BCUT2D eigenvalue weighted by Gasteiger charge is -1.98. The van der Waals surface area contributed by atoms with Crippen molar-refractivity contribution in [3.8, 4) is 11.3 Å². The number of imidazole rings is 1. The van der Waals surface area contributed by atoms with Gasteiger partial charge in [0, 0.05) is 25.5 Å². The summed E-state index contributed by atoms with van der Waals surface area (Å²) in [6.45, 7) is 7.01. The smallest absolute Gasteiger partial charge is 0.178 e. The van der Waals surface area contributed by atoms with Crippen LogP contribution in [-0.2, 0) is 4.74 Å². The molecule has 0 aliphatic carbocycles. The lowest BCUT2D eigenvalue weighted by molar-refractivity contribution is 0.199. The van der Waals surface area contributed by atoms with Gasteiger partial charge in [0.1, 0.15) is 11.6 Å². The third-order valence-electron chi connectivity index (χ3n) is 3.78. The number of aromatic amines is 1. The van der Waals surface area contributed by atoms with Gasteiger partial charge >= 0.3 is 0 Å². The summed E-state index contributed by atoms with van der Waals surface area (Å²) in [6, 6.07) is 5.80. The second kappa shape index (κ2) is 10.4. The number of furan rings is 1. The molecule has 1 N–H and O–H groups in total. The van der Waals surface area contributed by atoms with Crippen LogP contribution in [0.2, 0.25) is 0 Å². The Bertz CT molecular complexity index is 843. The quantitative estimate of drug-likeness (QED) is 0.583. The predicted octanol–water partition coefficient (Wildman–Crippen LogP) is 5.63. The molecule has 3 aromatic rings. The minimum Gasteiger partial charge on any atom is -0.464 e. The van der Waals surface area contributed by atoms with E-state index in [0.717, 1.165) is 53.3 Å². The SMILES string of the molecule is C/C=C\C/C(=C\C)c1nc2ncc(-c3ccco3)cc2[nH]1.CCCOC. The number of hydrogen-bond acceptors (Lipinski definition) is 4. The second-order valence-electron chi connectivity index (χ2n) is 5.74. The fourth-order valence-electron chi connectivity index (χ4n) is 2.43. The Morgan fingerprint density at radius 3 is 2.77 bits per heavy atom. The van der Waals surface area contributed by atoms with Gasteiger partial charge in [-0.1, -0.05) is 25.2 Å². The lowest BCUT2D eigenvalue weighted by Crippen LogP contribution is -1.85. The van der Waals surface area contributed by atoms with E-state index in [1.165, 1.54) is 0 Å². The van der Waals surface area contributed by atoms with Gasteiger partial charge < -0.3 is 14.1 Å². The van der Waals surface area contributed by atoms with Crippen molar-refractivity contribution in [1.82, 2.24) is 15.0 Å². The van der Waals surface area contributed by atoms with Crippen molar-refractivity contribution < 1.29 is 9.15 Å². The molecule has 138 valence electrons. The number of fused-ring (bicyclic) bond motifs is 1. The van der Waals surface area contributed by atoms with E-state index in [0.29, 0.717) is 0 Å². The molecule has 3 heterocycles. The number of ether oxygens (including phenoxy) is 1. The van der Waals surface area contributed by atoms with Gasteiger partial charge in [-0.2, -0.15) is 0 Å². The van der Waals surface area contributed by atoms with E-state index in [4.69, 9.17) is 9.15 Å². The number of methoxy groups -OCH3 is 1. The van der Waals surface area contributed by atoms with Crippen LogP contribution in [-0.4, -0.2) is 28.7 Å². The normalized spacial score (nSPS) is 11.8. The van der Waals surface area contributed by atoms with Gasteiger partial charge in [-0.25, -0.2) is 9.97 Å². The fraction of sp³-hybridized carbons (Fsp3) is 0.333. The van der Waals surface area contributed by atoms with Crippen molar-refractivity contribution in [1.29, 1.82) is 0 Å². The lowest BCUT2D eigenvalue weighted by atomic mass is 10.1. The summed E-state index contributed by atoms with van der Waals surface area (Å²) < 4.78 is 10.1. The number of aromatic nitrogens is 3.